The molecule has 0 saturated carbocycles. The van der Waals surface area contributed by atoms with Gasteiger partial charge in [0.05, 0.1) is 6.20 Å². The maximum Gasteiger partial charge on any atom is 0.317 e. The Morgan fingerprint density at radius 3 is 3.00 bits per heavy atom. The molecule has 0 bridgehead atoms. The maximum absolute atomic E-state index is 12.6. The van der Waals surface area contributed by atoms with Gasteiger partial charge in [-0.2, -0.15) is 5.10 Å². The second kappa shape index (κ2) is 8.18. The van der Waals surface area contributed by atoms with Crippen molar-refractivity contribution in [1.29, 1.82) is 0 Å². The van der Waals surface area contributed by atoms with Crippen molar-refractivity contribution >= 4 is 6.03 Å². The molecule has 2 amide bonds. The predicted octanol–water partition coefficient (Wildman–Crippen LogP) is 2.12. The summed E-state index contributed by atoms with van der Waals surface area (Å²) in [4.78, 5) is 18.9. The average molecular weight is 344 g/mol. The molecule has 7 nitrogen and oxygen atoms in total. The summed E-state index contributed by atoms with van der Waals surface area (Å²) < 4.78 is 3.95. The van der Waals surface area contributed by atoms with E-state index in [4.69, 9.17) is 0 Å². The molecule has 136 valence electrons. The van der Waals surface area contributed by atoms with E-state index in [2.05, 4.69) is 20.0 Å². The Bertz CT molecular complexity index is 691. The van der Waals surface area contributed by atoms with Crippen LogP contribution in [-0.4, -0.2) is 49.4 Å². The lowest BCUT2D eigenvalue weighted by atomic mass is 9.99. The normalized spacial score (nSPS) is 17.7. The molecular weight excluding hydrogens is 316 g/mol. The Morgan fingerprint density at radius 1 is 1.40 bits per heavy atom. The van der Waals surface area contributed by atoms with Gasteiger partial charge in [0.15, 0.2) is 0 Å². The van der Waals surface area contributed by atoms with Crippen LogP contribution in [0.2, 0.25) is 0 Å². The fourth-order valence-corrected chi connectivity index (χ4v) is 3.51. The zero-order chi connectivity index (χ0) is 17.6. The minimum atomic E-state index is 0.0657. The highest BCUT2D eigenvalue weighted by atomic mass is 16.2. The third kappa shape index (κ3) is 4.61. The number of imidazole rings is 1. The number of urea groups is 1. The van der Waals surface area contributed by atoms with Crippen LogP contribution in [0.25, 0.3) is 0 Å². The molecule has 25 heavy (non-hydrogen) atoms. The molecule has 0 aliphatic carbocycles. The lowest BCUT2D eigenvalue weighted by Crippen LogP contribution is -2.49. The first-order valence-electron chi connectivity index (χ1n) is 9.13. The van der Waals surface area contributed by atoms with Crippen molar-refractivity contribution in [3.63, 3.8) is 0 Å². The van der Waals surface area contributed by atoms with E-state index in [1.165, 1.54) is 6.42 Å². The number of carbonyl (C=O) groups excluding carboxylic acids is 1. The van der Waals surface area contributed by atoms with Crippen LogP contribution in [0.15, 0.2) is 24.8 Å². The van der Waals surface area contributed by atoms with Crippen LogP contribution in [0.3, 0.4) is 0 Å². The number of hydrogen-bond donors (Lipinski definition) is 1. The molecule has 1 fully saturated rings. The third-order valence-corrected chi connectivity index (χ3v) is 4.96. The molecule has 7 heteroatoms. The zero-order valence-electron chi connectivity index (χ0n) is 15.2. The van der Waals surface area contributed by atoms with E-state index in [0.29, 0.717) is 12.6 Å². The number of likely N-dealkylation sites (tertiary alicyclic amines) is 1. The Labute approximate surface area is 149 Å². The number of aromatic nitrogens is 4. The fourth-order valence-electron chi connectivity index (χ4n) is 3.51. The molecule has 0 radical (unpaired) electrons. The van der Waals surface area contributed by atoms with Crippen molar-refractivity contribution in [3.05, 3.63) is 36.2 Å². The minimum Gasteiger partial charge on any atom is -0.338 e. The van der Waals surface area contributed by atoms with Crippen LogP contribution in [-0.2, 0) is 20.0 Å². The SMILES string of the molecule is Cc1nccn1CC[C@@H]1CCCCN1C(=O)NCCc1cnn(C)c1. The smallest absolute Gasteiger partial charge is 0.317 e. The first-order valence-corrected chi connectivity index (χ1v) is 9.13. The molecule has 1 saturated heterocycles. The standard InChI is InChI=1S/C18H28N6O/c1-15-19-9-12-23(15)11-7-17-5-3-4-10-24(17)18(25)20-8-6-16-13-21-22(2)14-16/h9,12-14,17H,3-8,10-11H2,1-2H3,(H,20,25)/t17-/m0/s1. The van der Waals surface area contributed by atoms with Gasteiger partial charge >= 0.3 is 6.03 Å². The van der Waals surface area contributed by atoms with Crippen LogP contribution in [0.4, 0.5) is 4.79 Å². The van der Waals surface area contributed by atoms with Crippen molar-refractivity contribution in [1.82, 2.24) is 29.5 Å². The van der Waals surface area contributed by atoms with E-state index in [-0.39, 0.29) is 6.03 Å². The first kappa shape index (κ1) is 17.5. The lowest BCUT2D eigenvalue weighted by molar-refractivity contribution is 0.144. The summed E-state index contributed by atoms with van der Waals surface area (Å²) in [6.07, 6.45) is 12.9. The van der Waals surface area contributed by atoms with Gasteiger partial charge in [-0.15, -0.1) is 0 Å². The molecule has 0 spiro atoms. The van der Waals surface area contributed by atoms with Gasteiger partial charge in [-0.1, -0.05) is 0 Å². The molecular formula is C18H28N6O. The van der Waals surface area contributed by atoms with Gasteiger partial charge in [0.2, 0.25) is 0 Å². The van der Waals surface area contributed by atoms with Gasteiger partial charge < -0.3 is 14.8 Å². The van der Waals surface area contributed by atoms with E-state index in [1.54, 1.807) is 4.68 Å². The van der Waals surface area contributed by atoms with Crippen molar-refractivity contribution in [2.75, 3.05) is 13.1 Å². The van der Waals surface area contributed by atoms with Crippen molar-refractivity contribution < 1.29 is 4.79 Å². The van der Waals surface area contributed by atoms with E-state index < -0.39 is 0 Å². The summed E-state index contributed by atoms with van der Waals surface area (Å²) in [5, 5.41) is 7.23. The quantitative estimate of drug-likeness (QED) is 0.873. The third-order valence-electron chi connectivity index (χ3n) is 4.96. The van der Waals surface area contributed by atoms with Crippen LogP contribution >= 0.6 is 0 Å². The maximum atomic E-state index is 12.6. The van der Waals surface area contributed by atoms with Gasteiger partial charge in [-0.05, 0) is 44.6 Å². The topological polar surface area (TPSA) is 68.0 Å². The summed E-state index contributed by atoms with van der Waals surface area (Å²) in [7, 11) is 1.91. The first-order chi connectivity index (χ1) is 12.1. The Hall–Kier alpha value is -2.31. The summed E-state index contributed by atoms with van der Waals surface area (Å²) in [5.41, 5.74) is 1.15. The molecule has 2 aromatic rings. The molecule has 2 aromatic heterocycles. The molecule has 3 heterocycles. The van der Waals surface area contributed by atoms with Crippen molar-refractivity contribution in [2.45, 2.75) is 51.6 Å². The van der Waals surface area contributed by atoms with Gasteiger partial charge in [0.25, 0.3) is 0 Å². The molecule has 1 N–H and O–H groups in total. The second-order valence-corrected chi connectivity index (χ2v) is 6.80. The molecule has 0 unspecified atom stereocenters. The molecule has 1 atom stereocenters. The fraction of sp³-hybridized carbons (Fsp3) is 0.611. The van der Waals surface area contributed by atoms with Gasteiger partial charge in [-0.25, -0.2) is 9.78 Å². The number of hydrogen-bond acceptors (Lipinski definition) is 3. The molecule has 1 aliphatic rings. The molecule has 3 rings (SSSR count). The summed E-state index contributed by atoms with van der Waals surface area (Å²) in [5.74, 6) is 1.03. The van der Waals surface area contributed by atoms with Crippen molar-refractivity contribution in [2.24, 2.45) is 7.05 Å². The number of aryl methyl sites for hydroxylation is 3. The number of nitrogens with zero attached hydrogens (tertiary/aromatic N) is 5. The van der Waals surface area contributed by atoms with Gasteiger partial charge in [-0.3, -0.25) is 4.68 Å². The molecule has 1 aliphatic heterocycles. The Morgan fingerprint density at radius 2 is 2.28 bits per heavy atom. The van der Waals surface area contributed by atoms with Crippen LogP contribution in [0.5, 0.6) is 0 Å². The monoisotopic (exact) mass is 344 g/mol. The van der Waals surface area contributed by atoms with E-state index in [9.17, 15) is 4.79 Å². The van der Waals surface area contributed by atoms with Crippen molar-refractivity contribution in [3.8, 4) is 0 Å². The summed E-state index contributed by atoms with van der Waals surface area (Å²) >= 11 is 0. The minimum absolute atomic E-state index is 0.0657. The van der Waals surface area contributed by atoms with Gasteiger partial charge in [0, 0.05) is 51.3 Å². The second-order valence-electron chi connectivity index (χ2n) is 6.80. The number of amides is 2. The highest BCUT2D eigenvalue weighted by molar-refractivity contribution is 5.74. The Balaban J connectivity index is 1.49. The van der Waals surface area contributed by atoms with E-state index in [0.717, 1.165) is 50.2 Å². The number of nitrogens with one attached hydrogen (secondary N) is 1. The Kier molecular flexibility index (Phi) is 5.73. The summed E-state index contributed by atoms with van der Waals surface area (Å²) in [6, 6.07) is 0.380. The predicted molar refractivity (Wildman–Crippen MR) is 96.2 cm³/mol. The van der Waals surface area contributed by atoms with E-state index >= 15 is 0 Å². The van der Waals surface area contributed by atoms with Crippen LogP contribution in [0, 0.1) is 6.92 Å². The number of piperidine rings is 1. The lowest BCUT2D eigenvalue weighted by Gasteiger charge is -2.36. The molecule has 0 aromatic carbocycles. The van der Waals surface area contributed by atoms with Crippen LogP contribution in [0.1, 0.15) is 37.1 Å². The van der Waals surface area contributed by atoms with Gasteiger partial charge in [0.1, 0.15) is 5.82 Å². The number of rotatable bonds is 6. The largest absolute Gasteiger partial charge is 0.338 e. The van der Waals surface area contributed by atoms with E-state index in [1.807, 2.05) is 43.7 Å². The zero-order valence-corrected chi connectivity index (χ0v) is 15.2. The van der Waals surface area contributed by atoms with Crippen LogP contribution < -0.4 is 5.32 Å². The summed E-state index contributed by atoms with van der Waals surface area (Å²) in [6.45, 7) is 4.43. The average Bonchev–Trinajstić information content (AvgIpc) is 3.21. The highest BCUT2D eigenvalue weighted by Gasteiger charge is 2.26. The number of carbonyl (C=O) groups is 1. The highest BCUT2D eigenvalue weighted by Crippen LogP contribution is 2.20.